The van der Waals surface area contributed by atoms with Crippen LogP contribution >= 0.6 is 0 Å². The molecule has 1 unspecified atom stereocenters. The summed E-state index contributed by atoms with van der Waals surface area (Å²) in [6, 6.07) is 10.2. The van der Waals surface area contributed by atoms with Gasteiger partial charge in [0.1, 0.15) is 5.84 Å². The molecule has 0 aliphatic carbocycles. The molecule has 1 aromatic carbocycles. The quantitative estimate of drug-likeness (QED) is 0.775. The van der Waals surface area contributed by atoms with E-state index in [0.29, 0.717) is 18.9 Å². The molecular weight excluding hydrogens is 252 g/mol. The van der Waals surface area contributed by atoms with E-state index in [1.807, 2.05) is 18.2 Å². The number of benzene rings is 1. The largest absolute Gasteiger partial charge is 0.469 e. The van der Waals surface area contributed by atoms with Crippen molar-refractivity contribution in [2.24, 2.45) is 10.9 Å². The Hall–Kier alpha value is -1.84. The van der Waals surface area contributed by atoms with Crippen LogP contribution in [0.15, 0.2) is 35.3 Å². The number of aliphatic imine (C=N–C) groups is 1. The molecule has 0 aromatic heterocycles. The highest BCUT2D eigenvalue weighted by Gasteiger charge is 2.27. The fraction of sp³-hybridized carbons (Fsp3) is 0.500. The Balaban J connectivity index is 1.97. The van der Waals surface area contributed by atoms with Crippen molar-refractivity contribution < 1.29 is 9.53 Å². The molecule has 1 aromatic rings. The predicted octanol–water partition coefficient (Wildman–Crippen LogP) is 2.49. The van der Waals surface area contributed by atoms with E-state index in [0.717, 1.165) is 25.2 Å². The monoisotopic (exact) mass is 274 g/mol. The summed E-state index contributed by atoms with van der Waals surface area (Å²) < 4.78 is 4.71. The van der Waals surface area contributed by atoms with Gasteiger partial charge in [0.05, 0.1) is 13.7 Å². The van der Waals surface area contributed by atoms with E-state index in [1.165, 1.54) is 12.7 Å². The van der Waals surface area contributed by atoms with Crippen molar-refractivity contribution in [3.05, 3.63) is 35.9 Å². The number of carbonyl (C=O) groups is 1. The van der Waals surface area contributed by atoms with Crippen molar-refractivity contribution in [2.45, 2.75) is 25.8 Å². The summed E-state index contributed by atoms with van der Waals surface area (Å²) in [5.74, 6) is 1.36. The van der Waals surface area contributed by atoms with Crippen LogP contribution in [-0.4, -0.2) is 37.4 Å². The van der Waals surface area contributed by atoms with Crippen LogP contribution in [0.25, 0.3) is 0 Å². The highest BCUT2D eigenvalue weighted by molar-refractivity contribution is 5.86. The molecule has 0 N–H and O–H groups in total. The van der Waals surface area contributed by atoms with Crippen molar-refractivity contribution in [2.75, 3.05) is 20.7 Å². The van der Waals surface area contributed by atoms with Crippen molar-refractivity contribution in [1.82, 2.24) is 4.90 Å². The summed E-state index contributed by atoms with van der Waals surface area (Å²) in [5, 5.41) is 0. The van der Waals surface area contributed by atoms with E-state index in [4.69, 9.17) is 9.73 Å². The van der Waals surface area contributed by atoms with Gasteiger partial charge in [0.25, 0.3) is 0 Å². The second-order valence-electron chi connectivity index (χ2n) is 5.18. The Labute approximate surface area is 120 Å². The molecule has 0 radical (unpaired) electrons. The Morgan fingerprint density at radius 3 is 2.85 bits per heavy atom. The molecule has 1 fully saturated rings. The van der Waals surface area contributed by atoms with Crippen molar-refractivity contribution in [3.8, 4) is 0 Å². The van der Waals surface area contributed by atoms with Gasteiger partial charge >= 0.3 is 5.97 Å². The molecule has 1 atom stereocenters. The Morgan fingerprint density at radius 2 is 2.15 bits per heavy atom. The molecule has 1 aliphatic heterocycles. The summed E-state index contributed by atoms with van der Waals surface area (Å²) >= 11 is 0. The molecule has 1 heterocycles. The van der Waals surface area contributed by atoms with Crippen LogP contribution in [0.1, 0.15) is 24.8 Å². The van der Waals surface area contributed by atoms with Gasteiger partial charge in [-0.2, -0.15) is 0 Å². The summed E-state index contributed by atoms with van der Waals surface area (Å²) in [4.78, 5) is 18.2. The molecule has 2 rings (SSSR count). The van der Waals surface area contributed by atoms with Gasteiger partial charge in [-0.25, -0.2) is 0 Å². The lowest BCUT2D eigenvalue weighted by Crippen LogP contribution is -2.24. The average Bonchev–Trinajstić information content (AvgIpc) is 2.84. The smallest absolute Gasteiger partial charge is 0.305 e. The SMILES string of the molecule is COC(=O)CCC1CCN(C)C1=NCc1ccccc1. The number of likely N-dealkylation sites (tertiary alicyclic amines) is 1. The first-order chi connectivity index (χ1) is 9.70. The van der Waals surface area contributed by atoms with Crippen LogP contribution in [0, 0.1) is 5.92 Å². The standard InChI is InChI=1S/C16H22N2O2/c1-18-11-10-14(8-9-15(19)20-2)16(18)17-12-13-6-4-3-5-7-13/h3-7,14H,8-12H2,1-2H3. The third-order valence-electron chi connectivity index (χ3n) is 3.76. The summed E-state index contributed by atoms with van der Waals surface area (Å²) in [6.45, 7) is 1.72. The second kappa shape index (κ2) is 7.08. The van der Waals surface area contributed by atoms with Crippen LogP contribution in [0.5, 0.6) is 0 Å². The third kappa shape index (κ3) is 3.83. The molecule has 4 nitrogen and oxygen atoms in total. The zero-order valence-electron chi connectivity index (χ0n) is 12.2. The van der Waals surface area contributed by atoms with Gasteiger partial charge in [-0.1, -0.05) is 30.3 Å². The Bertz CT molecular complexity index is 471. The first kappa shape index (κ1) is 14.6. The minimum absolute atomic E-state index is 0.137. The van der Waals surface area contributed by atoms with Crippen LogP contribution < -0.4 is 0 Å². The first-order valence-corrected chi connectivity index (χ1v) is 7.07. The molecule has 0 amide bonds. The minimum Gasteiger partial charge on any atom is -0.469 e. The number of methoxy groups -OCH3 is 1. The number of hydrogen-bond donors (Lipinski definition) is 0. The number of esters is 1. The highest BCUT2D eigenvalue weighted by atomic mass is 16.5. The molecular formula is C16H22N2O2. The lowest BCUT2D eigenvalue weighted by atomic mass is 10.0. The van der Waals surface area contributed by atoms with Gasteiger partial charge in [-0.05, 0) is 18.4 Å². The fourth-order valence-electron chi connectivity index (χ4n) is 2.58. The zero-order valence-corrected chi connectivity index (χ0v) is 12.2. The molecule has 0 spiro atoms. The fourth-order valence-corrected chi connectivity index (χ4v) is 2.58. The number of ether oxygens (including phenoxy) is 1. The number of nitrogens with zero attached hydrogens (tertiary/aromatic N) is 2. The van der Waals surface area contributed by atoms with Gasteiger partial charge in [0.2, 0.25) is 0 Å². The van der Waals surface area contributed by atoms with Gasteiger partial charge in [-0.3, -0.25) is 9.79 Å². The number of carbonyl (C=O) groups excluding carboxylic acids is 1. The number of rotatable bonds is 5. The van der Waals surface area contributed by atoms with Crippen molar-refractivity contribution >= 4 is 11.8 Å². The maximum atomic E-state index is 11.3. The van der Waals surface area contributed by atoms with E-state index in [-0.39, 0.29) is 5.97 Å². The van der Waals surface area contributed by atoms with Gasteiger partial charge in [-0.15, -0.1) is 0 Å². The lowest BCUT2D eigenvalue weighted by molar-refractivity contribution is -0.140. The first-order valence-electron chi connectivity index (χ1n) is 7.07. The molecule has 4 heteroatoms. The van der Waals surface area contributed by atoms with Crippen LogP contribution in [0.4, 0.5) is 0 Å². The van der Waals surface area contributed by atoms with Crippen LogP contribution in [0.2, 0.25) is 0 Å². The highest BCUT2D eigenvalue weighted by Crippen LogP contribution is 2.23. The van der Waals surface area contributed by atoms with Gasteiger partial charge in [0.15, 0.2) is 0 Å². The van der Waals surface area contributed by atoms with Gasteiger partial charge < -0.3 is 9.64 Å². The van der Waals surface area contributed by atoms with Gasteiger partial charge in [0, 0.05) is 25.9 Å². The third-order valence-corrected chi connectivity index (χ3v) is 3.76. The number of hydrogen-bond acceptors (Lipinski definition) is 3. The normalized spacial score (nSPS) is 20.4. The molecule has 20 heavy (non-hydrogen) atoms. The maximum Gasteiger partial charge on any atom is 0.305 e. The molecule has 1 saturated heterocycles. The molecule has 0 bridgehead atoms. The van der Waals surface area contributed by atoms with Crippen LogP contribution in [0.3, 0.4) is 0 Å². The summed E-state index contributed by atoms with van der Waals surface area (Å²) in [5.41, 5.74) is 1.21. The maximum absolute atomic E-state index is 11.3. The predicted molar refractivity (Wildman–Crippen MR) is 79.6 cm³/mol. The van der Waals surface area contributed by atoms with Crippen LogP contribution in [-0.2, 0) is 16.1 Å². The second-order valence-corrected chi connectivity index (χ2v) is 5.18. The van der Waals surface area contributed by atoms with E-state index < -0.39 is 0 Å². The Morgan fingerprint density at radius 1 is 1.40 bits per heavy atom. The van der Waals surface area contributed by atoms with E-state index in [2.05, 4.69) is 24.1 Å². The number of amidine groups is 1. The minimum atomic E-state index is -0.137. The van der Waals surface area contributed by atoms with Crippen molar-refractivity contribution in [3.63, 3.8) is 0 Å². The van der Waals surface area contributed by atoms with E-state index >= 15 is 0 Å². The topological polar surface area (TPSA) is 41.9 Å². The lowest BCUT2D eigenvalue weighted by Gasteiger charge is -2.16. The zero-order chi connectivity index (χ0) is 14.4. The molecule has 1 aliphatic rings. The average molecular weight is 274 g/mol. The van der Waals surface area contributed by atoms with E-state index in [9.17, 15) is 4.79 Å². The molecule has 0 saturated carbocycles. The summed E-state index contributed by atoms with van der Waals surface area (Å²) in [6.07, 6.45) is 2.37. The Kier molecular flexibility index (Phi) is 5.16. The van der Waals surface area contributed by atoms with E-state index in [1.54, 1.807) is 0 Å². The molecule has 108 valence electrons. The van der Waals surface area contributed by atoms with Crippen molar-refractivity contribution in [1.29, 1.82) is 0 Å². The summed E-state index contributed by atoms with van der Waals surface area (Å²) in [7, 11) is 3.51.